The predicted octanol–water partition coefficient (Wildman–Crippen LogP) is 0.720. The molecule has 0 aromatic carbocycles. The smallest absolute Gasteiger partial charge is 0.275 e. The first-order chi connectivity index (χ1) is 9.60. The van der Waals surface area contributed by atoms with Gasteiger partial charge in [0.05, 0.1) is 5.69 Å². The van der Waals surface area contributed by atoms with Gasteiger partial charge in [0.2, 0.25) is 0 Å². The van der Waals surface area contributed by atoms with Gasteiger partial charge in [0.15, 0.2) is 0 Å². The minimum Gasteiger partial charge on any atom is -0.384 e. The largest absolute Gasteiger partial charge is 0.384 e. The van der Waals surface area contributed by atoms with Crippen molar-refractivity contribution in [2.45, 2.75) is 6.92 Å². The van der Waals surface area contributed by atoms with Gasteiger partial charge in [-0.1, -0.05) is 12.0 Å². The molecule has 0 unspecified atom stereocenters. The number of hydrogen-bond acceptors (Lipinski definition) is 4. The molecule has 0 aliphatic carbocycles. The number of aromatic nitrogens is 3. The highest BCUT2D eigenvalue weighted by molar-refractivity contribution is 6.02. The molecule has 0 saturated heterocycles. The number of aryl methyl sites for hydroxylation is 2. The second kappa shape index (κ2) is 5.99. The molecule has 20 heavy (non-hydrogen) atoms. The molecule has 2 aromatic heterocycles. The first-order valence-corrected chi connectivity index (χ1v) is 5.99. The summed E-state index contributed by atoms with van der Waals surface area (Å²) in [5, 5.41) is 15.4. The van der Waals surface area contributed by atoms with E-state index in [1.807, 2.05) is 6.92 Å². The molecule has 0 aliphatic rings. The van der Waals surface area contributed by atoms with Gasteiger partial charge in [-0.25, -0.2) is 4.98 Å². The monoisotopic (exact) mass is 270 g/mol. The minimum absolute atomic E-state index is 0.230. The number of aliphatic hydroxyl groups excluding tert-OH is 1. The van der Waals surface area contributed by atoms with Crippen LogP contribution in [0, 0.1) is 18.8 Å². The molecule has 2 aromatic rings. The maximum Gasteiger partial charge on any atom is 0.275 e. The van der Waals surface area contributed by atoms with Crippen LogP contribution < -0.4 is 5.32 Å². The van der Waals surface area contributed by atoms with Crippen molar-refractivity contribution in [2.75, 3.05) is 11.9 Å². The molecule has 0 spiro atoms. The molecular formula is C14H14N4O2. The van der Waals surface area contributed by atoms with Crippen LogP contribution in [0.25, 0.3) is 0 Å². The summed E-state index contributed by atoms with van der Waals surface area (Å²) in [4.78, 5) is 16.3. The van der Waals surface area contributed by atoms with Crippen molar-refractivity contribution < 1.29 is 9.90 Å². The summed E-state index contributed by atoms with van der Waals surface area (Å²) in [7, 11) is 1.71. The lowest BCUT2D eigenvalue weighted by molar-refractivity contribution is 0.101. The second-order valence-corrected chi connectivity index (χ2v) is 4.12. The number of nitrogens with zero attached hydrogens (tertiary/aromatic N) is 3. The van der Waals surface area contributed by atoms with E-state index in [1.54, 1.807) is 31.3 Å². The number of pyridine rings is 1. The Kier molecular flexibility index (Phi) is 4.13. The van der Waals surface area contributed by atoms with Gasteiger partial charge in [0.1, 0.15) is 23.8 Å². The van der Waals surface area contributed by atoms with Crippen molar-refractivity contribution in [2.24, 2.45) is 7.05 Å². The van der Waals surface area contributed by atoms with E-state index in [4.69, 9.17) is 5.11 Å². The number of amides is 1. The van der Waals surface area contributed by atoms with E-state index < -0.39 is 0 Å². The Balaban J connectivity index is 2.17. The van der Waals surface area contributed by atoms with Crippen LogP contribution in [-0.2, 0) is 7.05 Å². The number of carbonyl (C=O) groups is 1. The topological polar surface area (TPSA) is 80.0 Å². The molecular weight excluding hydrogens is 256 g/mol. The number of nitrogens with one attached hydrogen (secondary N) is 1. The van der Waals surface area contributed by atoms with E-state index in [2.05, 4.69) is 27.2 Å². The standard InChI is InChI=1S/C14H14N4O2/c1-10-9-12(18(2)17-10)14(20)16-13-7-3-5-11(15-13)6-4-8-19/h3,5,7,9,19H,8H2,1-2H3,(H,15,16,20). The summed E-state index contributed by atoms with van der Waals surface area (Å²) in [5.74, 6) is 5.31. The number of rotatable bonds is 2. The molecule has 0 saturated carbocycles. The van der Waals surface area contributed by atoms with Crippen LogP contribution >= 0.6 is 0 Å². The van der Waals surface area contributed by atoms with Crippen LogP contribution in [0.3, 0.4) is 0 Å². The van der Waals surface area contributed by atoms with Crippen LogP contribution in [0.4, 0.5) is 5.82 Å². The fourth-order valence-corrected chi connectivity index (χ4v) is 1.71. The highest BCUT2D eigenvalue weighted by atomic mass is 16.2. The van der Waals surface area contributed by atoms with Crippen molar-refractivity contribution in [3.63, 3.8) is 0 Å². The zero-order chi connectivity index (χ0) is 14.5. The Morgan fingerprint density at radius 2 is 2.30 bits per heavy atom. The van der Waals surface area contributed by atoms with Crippen LogP contribution in [0.15, 0.2) is 24.3 Å². The summed E-state index contributed by atoms with van der Waals surface area (Å²) < 4.78 is 1.51. The van der Waals surface area contributed by atoms with E-state index in [0.717, 1.165) is 5.69 Å². The van der Waals surface area contributed by atoms with Gasteiger partial charge in [-0.15, -0.1) is 0 Å². The van der Waals surface area contributed by atoms with Crippen molar-refractivity contribution in [3.05, 3.63) is 41.3 Å². The van der Waals surface area contributed by atoms with Crippen LogP contribution in [0.2, 0.25) is 0 Å². The maximum atomic E-state index is 12.1. The third-order valence-corrected chi connectivity index (χ3v) is 2.52. The van der Waals surface area contributed by atoms with Gasteiger partial charge >= 0.3 is 0 Å². The van der Waals surface area contributed by atoms with Gasteiger partial charge < -0.3 is 10.4 Å². The zero-order valence-corrected chi connectivity index (χ0v) is 11.2. The Bertz CT molecular complexity index is 695. The quantitative estimate of drug-likeness (QED) is 0.788. The van der Waals surface area contributed by atoms with E-state index >= 15 is 0 Å². The summed E-state index contributed by atoms with van der Waals surface area (Å²) in [6.07, 6.45) is 0. The Morgan fingerprint density at radius 1 is 1.50 bits per heavy atom. The van der Waals surface area contributed by atoms with Crippen LogP contribution in [-0.4, -0.2) is 32.4 Å². The summed E-state index contributed by atoms with van der Waals surface area (Å²) in [5.41, 5.74) is 1.71. The van der Waals surface area contributed by atoms with Gasteiger partial charge in [-0.3, -0.25) is 9.48 Å². The van der Waals surface area contributed by atoms with Crippen molar-refractivity contribution >= 4 is 11.7 Å². The van der Waals surface area contributed by atoms with E-state index in [-0.39, 0.29) is 12.5 Å². The normalized spacial score (nSPS) is 9.75. The molecule has 0 atom stereocenters. The van der Waals surface area contributed by atoms with Gasteiger partial charge in [-0.2, -0.15) is 5.10 Å². The summed E-state index contributed by atoms with van der Waals surface area (Å²) in [6, 6.07) is 6.81. The van der Waals surface area contributed by atoms with Crippen LogP contribution in [0.5, 0.6) is 0 Å². The average molecular weight is 270 g/mol. The van der Waals surface area contributed by atoms with Gasteiger partial charge in [0.25, 0.3) is 5.91 Å². The molecule has 1 amide bonds. The fourth-order valence-electron chi connectivity index (χ4n) is 1.71. The molecule has 0 radical (unpaired) electrons. The molecule has 0 bridgehead atoms. The van der Waals surface area contributed by atoms with E-state index in [0.29, 0.717) is 17.2 Å². The molecule has 2 heterocycles. The highest BCUT2D eigenvalue weighted by Crippen LogP contribution is 2.08. The third kappa shape index (κ3) is 3.22. The third-order valence-electron chi connectivity index (χ3n) is 2.52. The molecule has 2 N–H and O–H groups in total. The average Bonchev–Trinajstić information content (AvgIpc) is 2.76. The molecule has 6 heteroatoms. The predicted molar refractivity (Wildman–Crippen MR) is 74.1 cm³/mol. The highest BCUT2D eigenvalue weighted by Gasteiger charge is 2.12. The number of anilines is 1. The lowest BCUT2D eigenvalue weighted by Crippen LogP contribution is -2.16. The SMILES string of the molecule is Cc1cc(C(=O)Nc2cccc(C#CCO)n2)n(C)n1. The molecule has 0 fully saturated rings. The number of aliphatic hydroxyl groups is 1. The van der Waals surface area contributed by atoms with Crippen molar-refractivity contribution in [1.82, 2.24) is 14.8 Å². The maximum absolute atomic E-state index is 12.1. The molecule has 2 rings (SSSR count). The fraction of sp³-hybridized carbons (Fsp3) is 0.214. The number of hydrogen-bond donors (Lipinski definition) is 2. The van der Waals surface area contributed by atoms with Gasteiger partial charge in [0, 0.05) is 7.05 Å². The van der Waals surface area contributed by atoms with Crippen molar-refractivity contribution in [1.29, 1.82) is 0 Å². The summed E-state index contributed by atoms with van der Waals surface area (Å²) in [6.45, 7) is 1.59. The molecule has 0 aliphatic heterocycles. The minimum atomic E-state index is -0.284. The van der Waals surface area contributed by atoms with Gasteiger partial charge in [-0.05, 0) is 31.0 Å². The Hall–Kier alpha value is -2.65. The summed E-state index contributed by atoms with van der Waals surface area (Å²) >= 11 is 0. The molecule has 6 nitrogen and oxygen atoms in total. The van der Waals surface area contributed by atoms with Crippen molar-refractivity contribution in [3.8, 4) is 11.8 Å². The van der Waals surface area contributed by atoms with Crippen LogP contribution in [0.1, 0.15) is 21.9 Å². The Labute approximate surface area is 116 Å². The lowest BCUT2D eigenvalue weighted by atomic mass is 10.3. The number of carbonyl (C=O) groups excluding carboxylic acids is 1. The van der Waals surface area contributed by atoms with E-state index in [1.165, 1.54) is 4.68 Å². The first kappa shape index (κ1) is 13.8. The van der Waals surface area contributed by atoms with E-state index in [9.17, 15) is 4.79 Å². The second-order valence-electron chi connectivity index (χ2n) is 4.12. The Morgan fingerprint density at radius 3 is 2.95 bits per heavy atom. The lowest BCUT2D eigenvalue weighted by Gasteiger charge is -2.04. The first-order valence-electron chi connectivity index (χ1n) is 5.99. The zero-order valence-electron chi connectivity index (χ0n) is 11.2. The molecule has 102 valence electrons.